The average molecular weight is 317 g/mol. The van der Waals surface area contributed by atoms with Crippen molar-refractivity contribution in [1.82, 2.24) is 0 Å². The fourth-order valence-corrected chi connectivity index (χ4v) is 1.90. The van der Waals surface area contributed by atoms with Gasteiger partial charge in [0.1, 0.15) is 10.8 Å². The van der Waals surface area contributed by atoms with Crippen LogP contribution in [0.1, 0.15) is 5.56 Å². The summed E-state index contributed by atoms with van der Waals surface area (Å²) in [7, 11) is 0. The molecular formula is C13H8ClF3N2S. The van der Waals surface area contributed by atoms with Crippen LogP contribution in [0.2, 0.25) is 5.02 Å². The summed E-state index contributed by atoms with van der Waals surface area (Å²) in [5, 5.41) is 2.47. The van der Waals surface area contributed by atoms with Gasteiger partial charge in [0.15, 0.2) is 11.6 Å². The minimum Gasteiger partial charge on any atom is -0.389 e. The molecule has 0 amide bonds. The number of nitrogens with one attached hydrogen (secondary N) is 1. The SMILES string of the molecule is NC(=S)c1ccc(Nc2ccc(F)c(Cl)c2)c(F)c1F. The van der Waals surface area contributed by atoms with Gasteiger partial charge in [0.2, 0.25) is 0 Å². The smallest absolute Gasteiger partial charge is 0.182 e. The lowest BCUT2D eigenvalue weighted by Crippen LogP contribution is -2.13. The summed E-state index contributed by atoms with van der Waals surface area (Å²) < 4.78 is 40.5. The van der Waals surface area contributed by atoms with Crippen molar-refractivity contribution in [2.75, 3.05) is 5.32 Å². The van der Waals surface area contributed by atoms with Gasteiger partial charge in [-0.25, -0.2) is 13.2 Å². The van der Waals surface area contributed by atoms with Crippen molar-refractivity contribution < 1.29 is 13.2 Å². The predicted octanol–water partition coefficient (Wildman–Crippen LogP) is 4.14. The first-order chi connectivity index (χ1) is 9.40. The molecule has 0 bridgehead atoms. The van der Waals surface area contributed by atoms with Gasteiger partial charge >= 0.3 is 0 Å². The van der Waals surface area contributed by atoms with E-state index in [2.05, 4.69) is 17.5 Å². The quantitative estimate of drug-likeness (QED) is 0.836. The maximum atomic E-state index is 13.8. The molecule has 0 spiro atoms. The molecule has 20 heavy (non-hydrogen) atoms. The van der Waals surface area contributed by atoms with E-state index in [0.717, 1.165) is 6.07 Å². The Kier molecular flexibility index (Phi) is 4.15. The number of nitrogens with two attached hydrogens (primary N) is 1. The third kappa shape index (κ3) is 2.86. The molecule has 0 fully saturated rings. The fourth-order valence-electron chi connectivity index (χ4n) is 1.57. The maximum absolute atomic E-state index is 13.8. The molecule has 2 aromatic rings. The molecule has 2 nitrogen and oxygen atoms in total. The van der Waals surface area contributed by atoms with Gasteiger partial charge in [-0.15, -0.1) is 0 Å². The fraction of sp³-hybridized carbons (Fsp3) is 0. The Morgan fingerprint density at radius 2 is 1.80 bits per heavy atom. The third-order valence-corrected chi connectivity index (χ3v) is 3.06. The van der Waals surface area contributed by atoms with Crippen LogP contribution in [-0.2, 0) is 0 Å². The highest BCUT2D eigenvalue weighted by atomic mass is 35.5. The molecule has 7 heteroatoms. The first-order valence-electron chi connectivity index (χ1n) is 5.40. The van der Waals surface area contributed by atoms with E-state index in [1.54, 1.807) is 0 Å². The van der Waals surface area contributed by atoms with Gasteiger partial charge in [-0.05, 0) is 30.3 Å². The first-order valence-corrected chi connectivity index (χ1v) is 6.18. The lowest BCUT2D eigenvalue weighted by Gasteiger charge is -2.10. The van der Waals surface area contributed by atoms with Crippen molar-refractivity contribution in [3.63, 3.8) is 0 Å². The second-order valence-corrected chi connectivity index (χ2v) is 4.75. The van der Waals surface area contributed by atoms with Crippen molar-refractivity contribution in [1.29, 1.82) is 0 Å². The first kappa shape index (κ1) is 14.6. The standard InChI is InChI=1S/C13H8ClF3N2S/c14-8-5-6(1-3-9(8)15)19-10-4-2-7(13(18)20)11(16)12(10)17/h1-5,19H,(H2,18,20). The van der Waals surface area contributed by atoms with Crippen molar-refractivity contribution in [2.24, 2.45) is 5.73 Å². The lowest BCUT2D eigenvalue weighted by molar-refractivity contribution is 0.510. The van der Waals surface area contributed by atoms with Crippen LogP contribution >= 0.6 is 23.8 Å². The van der Waals surface area contributed by atoms with Gasteiger partial charge in [0.05, 0.1) is 10.7 Å². The molecule has 0 aromatic heterocycles. The number of thiocarbonyl (C=S) groups is 1. The minimum atomic E-state index is -1.14. The molecule has 0 aliphatic carbocycles. The Morgan fingerprint density at radius 3 is 2.40 bits per heavy atom. The maximum Gasteiger partial charge on any atom is 0.182 e. The van der Waals surface area contributed by atoms with Crippen LogP contribution in [0.4, 0.5) is 24.5 Å². The molecule has 0 unspecified atom stereocenters. The molecule has 0 saturated carbocycles. The number of anilines is 2. The highest BCUT2D eigenvalue weighted by Crippen LogP contribution is 2.26. The summed E-state index contributed by atoms with van der Waals surface area (Å²) in [6.07, 6.45) is 0. The molecule has 3 N–H and O–H groups in total. The Bertz CT molecular complexity index is 692. The number of rotatable bonds is 3. The van der Waals surface area contributed by atoms with E-state index in [1.165, 1.54) is 24.3 Å². The molecule has 0 heterocycles. The van der Waals surface area contributed by atoms with Crippen LogP contribution in [0, 0.1) is 17.5 Å². The summed E-state index contributed by atoms with van der Waals surface area (Å²) in [5.74, 6) is -2.88. The number of halogens is 4. The molecule has 0 atom stereocenters. The lowest BCUT2D eigenvalue weighted by atomic mass is 10.1. The van der Waals surface area contributed by atoms with Gasteiger partial charge < -0.3 is 11.1 Å². The monoisotopic (exact) mass is 316 g/mol. The van der Waals surface area contributed by atoms with Crippen LogP contribution in [-0.4, -0.2) is 4.99 Å². The highest BCUT2D eigenvalue weighted by molar-refractivity contribution is 7.80. The van der Waals surface area contributed by atoms with E-state index < -0.39 is 17.5 Å². The molecule has 0 radical (unpaired) electrons. The second-order valence-electron chi connectivity index (χ2n) is 3.91. The Hall–Kier alpha value is -1.79. The molecule has 2 rings (SSSR count). The Morgan fingerprint density at radius 1 is 1.10 bits per heavy atom. The van der Waals surface area contributed by atoms with E-state index in [1.807, 2.05) is 0 Å². The second kappa shape index (κ2) is 5.68. The summed E-state index contributed by atoms with van der Waals surface area (Å²) in [5.41, 5.74) is 5.27. The van der Waals surface area contributed by atoms with Crippen LogP contribution in [0.3, 0.4) is 0 Å². The average Bonchev–Trinajstić information content (AvgIpc) is 2.39. The summed E-state index contributed by atoms with van der Waals surface area (Å²) >= 11 is 10.2. The van der Waals surface area contributed by atoms with E-state index in [9.17, 15) is 13.2 Å². The topological polar surface area (TPSA) is 38.0 Å². The molecule has 104 valence electrons. The van der Waals surface area contributed by atoms with Crippen LogP contribution in [0.5, 0.6) is 0 Å². The summed E-state index contributed by atoms with van der Waals surface area (Å²) in [4.78, 5) is -0.238. The van der Waals surface area contributed by atoms with Crippen molar-refractivity contribution in [3.8, 4) is 0 Å². The minimum absolute atomic E-state index is 0.129. The number of benzene rings is 2. The van der Waals surface area contributed by atoms with Crippen LogP contribution in [0.15, 0.2) is 30.3 Å². The zero-order chi connectivity index (χ0) is 14.9. The van der Waals surface area contributed by atoms with Gasteiger partial charge in [-0.3, -0.25) is 0 Å². The van der Waals surface area contributed by atoms with Gasteiger partial charge in [-0.1, -0.05) is 23.8 Å². The normalized spacial score (nSPS) is 10.4. The summed E-state index contributed by atoms with van der Waals surface area (Å²) in [6.45, 7) is 0. The molecule has 0 saturated heterocycles. The van der Waals surface area contributed by atoms with Crippen LogP contribution in [0.25, 0.3) is 0 Å². The molecular weight excluding hydrogens is 309 g/mol. The highest BCUT2D eigenvalue weighted by Gasteiger charge is 2.15. The Balaban J connectivity index is 2.37. The van der Waals surface area contributed by atoms with Gasteiger partial charge in [-0.2, -0.15) is 0 Å². The van der Waals surface area contributed by atoms with Crippen molar-refractivity contribution >= 4 is 40.2 Å². The van der Waals surface area contributed by atoms with Gasteiger partial charge in [0.25, 0.3) is 0 Å². The molecule has 0 aliphatic heterocycles. The molecule has 2 aromatic carbocycles. The zero-order valence-electron chi connectivity index (χ0n) is 9.88. The third-order valence-electron chi connectivity index (χ3n) is 2.55. The number of hydrogen-bond donors (Lipinski definition) is 2. The van der Waals surface area contributed by atoms with E-state index in [0.29, 0.717) is 5.69 Å². The van der Waals surface area contributed by atoms with E-state index in [4.69, 9.17) is 17.3 Å². The largest absolute Gasteiger partial charge is 0.389 e. The predicted molar refractivity (Wildman–Crippen MR) is 76.9 cm³/mol. The number of hydrogen-bond acceptors (Lipinski definition) is 2. The molecule has 0 aliphatic rings. The summed E-state index contributed by atoms with van der Waals surface area (Å²) in [6, 6.07) is 6.26. The van der Waals surface area contributed by atoms with Crippen molar-refractivity contribution in [2.45, 2.75) is 0 Å². The van der Waals surface area contributed by atoms with E-state index >= 15 is 0 Å². The van der Waals surface area contributed by atoms with Gasteiger partial charge in [0, 0.05) is 11.3 Å². The Labute approximate surface area is 123 Å². The van der Waals surface area contributed by atoms with Crippen molar-refractivity contribution in [3.05, 3.63) is 58.4 Å². The van der Waals surface area contributed by atoms with Crippen LogP contribution < -0.4 is 11.1 Å². The zero-order valence-corrected chi connectivity index (χ0v) is 11.5. The van der Waals surface area contributed by atoms with E-state index in [-0.39, 0.29) is 21.3 Å².